The van der Waals surface area contributed by atoms with Crippen molar-refractivity contribution in [2.75, 3.05) is 0 Å². The SMILES string of the molecule is CC.CCCc1cc(C)cc(CCC)c1-n1cc(C#N)nc1C1=C(C(C)(C)C(C)C)C(C)CC=C1. The topological polar surface area (TPSA) is 41.6 Å². The van der Waals surface area contributed by atoms with Gasteiger partial charge in [-0.05, 0) is 54.6 Å². The second kappa shape index (κ2) is 12.4. The van der Waals surface area contributed by atoms with Crippen LogP contribution in [-0.4, -0.2) is 9.55 Å². The van der Waals surface area contributed by atoms with E-state index in [9.17, 15) is 5.26 Å². The molecule has 1 atom stereocenters. The van der Waals surface area contributed by atoms with Gasteiger partial charge in [-0.2, -0.15) is 5.26 Å². The molecule has 0 saturated heterocycles. The van der Waals surface area contributed by atoms with E-state index in [4.69, 9.17) is 4.98 Å². The average Bonchev–Trinajstić information content (AvgIpc) is 3.24. The summed E-state index contributed by atoms with van der Waals surface area (Å²) in [5.41, 5.74) is 8.40. The fraction of sp³-hybridized carbons (Fsp3) is 0.562. The number of hydrogen-bond acceptors (Lipinski definition) is 2. The zero-order chi connectivity index (χ0) is 26.3. The highest BCUT2D eigenvalue weighted by molar-refractivity contribution is 5.77. The smallest absolute Gasteiger partial charge is 0.159 e. The van der Waals surface area contributed by atoms with Crippen molar-refractivity contribution in [2.24, 2.45) is 17.3 Å². The Morgan fingerprint density at radius 2 is 1.69 bits per heavy atom. The summed E-state index contributed by atoms with van der Waals surface area (Å²) < 4.78 is 2.24. The molecule has 1 aliphatic carbocycles. The second-order valence-electron chi connectivity index (χ2n) is 10.6. The van der Waals surface area contributed by atoms with Crippen LogP contribution in [0.15, 0.2) is 36.1 Å². The van der Waals surface area contributed by atoms with Crippen molar-refractivity contribution in [1.82, 2.24) is 9.55 Å². The van der Waals surface area contributed by atoms with Crippen LogP contribution in [0.2, 0.25) is 0 Å². The van der Waals surface area contributed by atoms with Crippen LogP contribution in [0.25, 0.3) is 11.3 Å². The zero-order valence-electron chi connectivity index (χ0n) is 23.9. The van der Waals surface area contributed by atoms with Crippen LogP contribution < -0.4 is 0 Å². The number of nitrogens with zero attached hydrogens (tertiary/aromatic N) is 3. The number of allylic oxidation sites excluding steroid dienone is 4. The normalized spacial score (nSPS) is 15.8. The molecule has 3 rings (SSSR count). The Balaban J connectivity index is 0.00000210. The molecule has 1 aromatic carbocycles. The highest BCUT2D eigenvalue weighted by atomic mass is 15.1. The Hall–Kier alpha value is -2.60. The molecular weight excluding hydrogens is 426 g/mol. The van der Waals surface area contributed by atoms with Crippen molar-refractivity contribution in [1.29, 1.82) is 5.26 Å². The van der Waals surface area contributed by atoms with Crippen molar-refractivity contribution in [3.63, 3.8) is 0 Å². The first-order valence-corrected chi connectivity index (χ1v) is 13.7. The Bertz CT molecular complexity index is 1080. The highest BCUT2D eigenvalue weighted by Crippen LogP contribution is 2.46. The van der Waals surface area contributed by atoms with E-state index in [-0.39, 0.29) is 5.41 Å². The summed E-state index contributed by atoms with van der Waals surface area (Å²) in [4.78, 5) is 4.90. The predicted octanol–water partition coefficient (Wildman–Crippen LogP) is 9.02. The molecule has 0 saturated carbocycles. The van der Waals surface area contributed by atoms with Crippen molar-refractivity contribution in [2.45, 2.75) is 101 Å². The first-order valence-electron chi connectivity index (χ1n) is 13.7. The van der Waals surface area contributed by atoms with E-state index in [1.54, 1.807) is 0 Å². The standard InChI is InChI=1S/C30H41N3.C2H6/c1-9-12-23-16-21(5)17-24(13-10-2)28(23)33-19-25(18-31)32-29(33)26-15-11-14-22(6)27(26)30(7,8)20(3)4;1-2/h11,15-17,19-20,22H,9-10,12-14H2,1-8H3;1-2H3. The summed E-state index contributed by atoms with van der Waals surface area (Å²) in [7, 11) is 0. The lowest BCUT2D eigenvalue weighted by molar-refractivity contribution is 0.283. The fourth-order valence-corrected chi connectivity index (χ4v) is 5.31. The van der Waals surface area contributed by atoms with Crippen molar-refractivity contribution in [3.05, 3.63) is 64.3 Å². The third-order valence-corrected chi connectivity index (χ3v) is 7.45. The van der Waals surface area contributed by atoms with Gasteiger partial charge in [0.25, 0.3) is 0 Å². The first kappa shape index (κ1) is 28.6. The lowest BCUT2D eigenvalue weighted by Gasteiger charge is -2.39. The molecule has 0 spiro atoms. The van der Waals surface area contributed by atoms with Gasteiger partial charge in [0.15, 0.2) is 5.69 Å². The molecule has 1 heterocycles. The molecule has 0 bridgehead atoms. The molecule has 1 aromatic heterocycles. The van der Waals surface area contributed by atoms with Gasteiger partial charge < -0.3 is 0 Å². The van der Waals surface area contributed by atoms with Crippen LogP contribution in [0.1, 0.15) is 110 Å². The number of aromatic nitrogens is 2. The van der Waals surface area contributed by atoms with Crippen LogP contribution in [0, 0.1) is 35.5 Å². The van der Waals surface area contributed by atoms with Crippen LogP contribution in [0.3, 0.4) is 0 Å². The fourth-order valence-electron chi connectivity index (χ4n) is 5.31. The van der Waals surface area contributed by atoms with Crippen LogP contribution in [-0.2, 0) is 12.8 Å². The molecule has 1 aliphatic rings. The quantitative estimate of drug-likeness (QED) is 0.384. The Morgan fingerprint density at radius 3 is 2.17 bits per heavy atom. The molecule has 190 valence electrons. The van der Waals surface area contributed by atoms with E-state index >= 15 is 0 Å². The second-order valence-corrected chi connectivity index (χ2v) is 10.6. The maximum Gasteiger partial charge on any atom is 0.159 e. The third kappa shape index (κ3) is 5.97. The molecule has 3 heteroatoms. The number of aryl methyl sites for hydroxylation is 3. The van der Waals surface area contributed by atoms with Gasteiger partial charge >= 0.3 is 0 Å². The van der Waals surface area contributed by atoms with Gasteiger partial charge in [0, 0.05) is 11.8 Å². The van der Waals surface area contributed by atoms with Gasteiger partial charge in [-0.15, -0.1) is 0 Å². The molecule has 0 radical (unpaired) electrons. The third-order valence-electron chi connectivity index (χ3n) is 7.45. The number of rotatable bonds is 8. The van der Waals surface area contributed by atoms with Gasteiger partial charge in [0.1, 0.15) is 11.9 Å². The molecule has 0 fully saturated rings. The minimum atomic E-state index is 0.0366. The number of benzene rings is 1. The summed E-state index contributed by atoms with van der Waals surface area (Å²) in [6, 6.07) is 6.96. The summed E-state index contributed by atoms with van der Waals surface area (Å²) in [6.07, 6.45) is 11.7. The minimum absolute atomic E-state index is 0.0366. The molecule has 35 heavy (non-hydrogen) atoms. The van der Waals surface area contributed by atoms with E-state index in [2.05, 4.69) is 90.3 Å². The maximum atomic E-state index is 9.82. The van der Waals surface area contributed by atoms with E-state index < -0.39 is 0 Å². The molecule has 0 N–H and O–H groups in total. The zero-order valence-corrected chi connectivity index (χ0v) is 23.9. The van der Waals surface area contributed by atoms with Gasteiger partial charge in [-0.3, -0.25) is 4.57 Å². The van der Waals surface area contributed by atoms with Gasteiger partial charge in [0.05, 0.1) is 5.69 Å². The summed E-state index contributed by atoms with van der Waals surface area (Å²) >= 11 is 0. The molecule has 2 aromatic rings. The summed E-state index contributed by atoms with van der Waals surface area (Å²) in [5.74, 6) is 1.86. The van der Waals surface area contributed by atoms with E-state index in [0.29, 0.717) is 17.5 Å². The van der Waals surface area contributed by atoms with Crippen LogP contribution in [0.4, 0.5) is 0 Å². The average molecular weight is 474 g/mol. The largest absolute Gasteiger partial charge is 0.298 e. The molecule has 3 nitrogen and oxygen atoms in total. The van der Waals surface area contributed by atoms with Gasteiger partial charge in [-0.25, -0.2) is 4.98 Å². The molecule has 1 unspecified atom stereocenters. The number of imidazole rings is 1. The van der Waals surface area contributed by atoms with E-state index in [1.165, 1.54) is 33.5 Å². The molecular formula is C32H47N3. The van der Waals surface area contributed by atoms with Gasteiger partial charge in [0.2, 0.25) is 0 Å². The molecule has 0 amide bonds. The summed E-state index contributed by atoms with van der Waals surface area (Å²) in [5, 5.41) is 9.82. The molecule has 0 aliphatic heterocycles. The Morgan fingerprint density at radius 1 is 1.11 bits per heavy atom. The van der Waals surface area contributed by atoms with Crippen LogP contribution in [0.5, 0.6) is 0 Å². The van der Waals surface area contributed by atoms with E-state index in [1.807, 2.05) is 20.0 Å². The van der Waals surface area contributed by atoms with E-state index in [0.717, 1.165) is 37.9 Å². The predicted molar refractivity (Wildman–Crippen MR) is 151 cm³/mol. The lowest BCUT2D eigenvalue weighted by atomic mass is 9.66. The van der Waals surface area contributed by atoms with Crippen molar-refractivity contribution < 1.29 is 0 Å². The minimum Gasteiger partial charge on any atom is -0.298 e. The van der Waals surface area contributed by atoms with Crippen molar-refractivity contribution >= 4 is 5.57 Å². The Kier molecular flexibility index (Phi) is 10.1. The summed E-state index contributed by atoms with van der Waals surface area (Å²) in [6.45, 7) is 22.3. The van der Waals surface area contributed by atoms with Crippen LogP contribution >= 0.6 is 0 Å². The lowest BCUT2D eigenvalue weighted by Crippen LogP contribution is -2.28. The first-order chi connectivity index (χ1) is 16.6. The van der Waals surface area contributed by atoms with Crippen molar-refractivity contribution in [3.8, 4) is 11.8 Å². The number of hydrogen-bond donors (Lipinski definition) is 0. The Labute approximate surface area is 215 Å². The maximum absolute atomic E-state index is 9.82. The number of nitriles is 1. The van der Waals surface area contributed by atoms with Gasteiger partial charge in [-0.1, -0.05) is 111 Å². The monoisotopic (exact) mass is 473 g/mol. The highest BCUT2D eigenvalue weighted by Gasteiger charge is 2.35.